The molecular formula is C7H9NO2S. The van der Waals surface area contributed by atoms with Crippen molar-refractivity contribution in [1.29, 1.82) is 0 Å². The highest BCUT2D eigenvalue weighted by Gasteiger charge is 1.95. The normalized spacial score (nSPS) is 14.0. The van der Waals surface area contributed by atoms with Gasteiger partial charge in [0.2, 0.25) is 0 Å². The molecule has 60 valence electrons. The van der Waals surface area contributed by atoms with Crippen molar-refractivity contribution >= 4 is 17.2 Å². The summed E-state index contributed by atoms with van der Waals surface area (Å²) in [5.41, 5.74) is 0.875. The minimum Gasteiger partial charge on any atom is -0.469 e. The lowest BCUT2D eigenvalue weighted by atomic mass is 10.3. The van der Waals surface area contributed by atoms with E-state index in [4.69, 9.17) is 4.42 Å². The highest BCUT2D eigenvalue weighted by molar-refractivity contribution is 7.83. The summed E-state index contributed by atoms with van der Waals surface area (Å²) in [6.07, 6.45) is 4.65. The molecule has 1 heterocycles. The van der Waals surface area contributed by atoms with Gasteiger partial charge in [-0.1, -0.05) is 0 Å². The summed E-state index contributed by atoms with van der Waals surface area (Å²) in [6.45, 7) is 1.83. The van der Waals surface area contributed by atoms with Crippen molar-refractivity contribution in [2.45, 2.75) is 6.92 Å². The van der Waals surface area contributed by atoms with Crippen LogP contribution in [0.4, 0.5) is 0 Å². The Kier molecular flexibility index (Phi) is 2.59. The molecule has 0 aromatic carbocycles. The smallest absolute Gasteiger partial charge is 0.136 e. The first-order valence-corrected chi connectivity index (χ1v) is 4.63. The quantitative estimate of drug-likeness (QED) is 0.629. The number of aryl methyl sites for hydroxylation is 1. The average molecular weight is 171 g/mol. The Morgan fingerprint density at radius 2 is 2.45 bits per heavy atom. The van der Waals surface area contributed by atoms with Crippen LogP contribution in [0.25, 0.3) is 0 Å². The maximum Gasteiger partial charge on any atom is 0.136 e. The lowest BCUT2D eigenvalue weighted by molar-refractivity contribution is 0.534. The summed E-state index contributed by atoms with van der Waals surface area (Å²) in [6, 6.07) is 1.78. The Morgan fingerprint density at radius 3 is 2.91 bits per heavy atom. The highest BCUT2D eigenvalue weighted by Crippen LogP contribution is 2.05. The summed E-state index contributed by atoms with van der Waals surface area (Å²) in [7, 11) is -1.13. The second-order valence-electron chi connectivity index (χ2n) is 2.09. The van der Waals surface area contributed by atoms with Crippen LogP contribution in [0.3, 0.4) is 0 Å². The molecule has 0 spiro atoms. The second-order valence-corrected chi connectivity index (χ2v) is 3.15. The molecule has 1 aromatic rings. The van der Waals surface area contributed by atoms with Crippen LogP contribution >= 0.6 is 0 Å². The van der Waals surface area contributed by atoms with E-state index in [9.17, 15) is 4.21 Å². The Morgan fingerprint density at radius 1 is 1.73 bits per heavy atom. The van der Waals surface area contributed by atoms with Gasteiger partial charge in [-0.25, -0.2) is 4.21 Å². The average Bonchev–Trinajstić information content (AvgIpc) is 2.31. The van der Waals surface area contributed by atoms with Gasteiger partial charge >= 0.3 is 0 Å². The van der Waals surface area contributed by atoms with Gasteiger partial charge in [-0.05, 0) is 13.0 Å². The predicted octanol–water partition coefficient (Wildman–Crippen LogP) is 1.30. The van der Waals surface area contributed by atoms with Gasteiger partial charge in [0.25, 0.3) is 0 Å². The van der Waals surface area contributed by atoms with Gasteiger partial charge in [0, 0.05) is 18.0 Å². The van der Waals surface area contributed by atoms with Crippen LogP contribution in [-0.2, 0) is 11.0 Å². The molecule has 0 amide bonds. The van der Waals surface area contributed by atoms with Crippen LogP contribution in [0, 0.1) is 6.92 Å². The van der Waals surface area contributed by atoms with Crippen molar-refractivity contribution in [3.05, 3.63) is 23.7 Å². The number of furan rings is 1. The number of rotatable bonds is 2. The van der Waals surface area contributed by atoms with Crippen molar-refractivity contribution in [3.8, 4) is 0 Å². The van der Waals surface area contributed by atoms with Crippen LogP contribution in [-0.4, -0.2) is 16.7 Å². The zero-order chi connectivity index (χ0) is 8.27. The minimum atomic E-state index is -1.13. The third kappa shape index (κ3) is 2.31. The zero-order valence-electron chi connectivity index (χ0n) is 6.40. The van der Waals surface area contributed by atoms with Crippen molar-refractivity contribution < 1.29 is 8.63 Å². The van der Waals surface area contributed by atoms with E-state index in [1.165, 1.54) is 6.26 Å². The van der Waals surface area contributed by atoms with Gasteiger partial charge in [0.05, 0.1) is 6.26 Å². The van der Waals surface area contributed by atoms with E-state index in [0.29, 0.717) is 0 Å². The molecule has 0 aliphatic rings. The maximum absolute atomic E-state index is 10.5. The third-order valence-corrected chi connectivity index (χ3v) is 1.64. The molecule has 0 N–H and O–H groups in total. The molecule has 0 fully saturated rings. The molecule has 1 unspecified atom stereocenters. The standard InChI is InChI=1S/C7H9NO2S/c1-6-7(3-4-10-6)5-8-11(2)9/h3-5H,1-2H3/b8-5+. The van der Waals surface area contributed by atoms with Crippen LogP contribution in [0.15, 0.2) is 21.1 Å². The second kappa shape index (κ2) is 3.48. The van der Waals surface area contributed by atoms with E-state index in [2.05, 4.69) is 4.40 Å². The van der Waals surface area contributed by atoms with Crippen molar-refractivity contribution in [3.63, 3.8) is 0 Å². The molecule has 4 heteroatoms. The minimum absolute atomic E-state index is 0.791. The van der Waals surface area contributed by atoms with Gasteiger partial charge in [-0.3, -0.25) is 0 Å². The fourth-order valence-electron chi connectivity index (χ4n) is 0.660. The summed E-state index contributed by atoms with van der Waals surface area (Å²) >= 11 is 0. The Hall–Kier alpha value is -0.900. The van der Waals surface area contributed by atoms with Crippen LogP contribution in [0.1, 0.15) is 11.3 Å². The van der Waals surface area contributed by atoms with Gasteiger partial charge < -0.3 is 4.42 Å². The van der Waals surface area contributed by atoms with E-state index in [-0.39, 0.29) is 0 Å². The lowest BCUT2D eigenvalue weighted by Crippen LogP contribution is -1.83. The first kappa shape index (κ1) is 8.20. The van der Waals surface area contributed by atoms with Crippen LogP contribution in [0.5, 0.6) is 0 Å². The van der Waals surface area contributed by atoms with Crippen LogP contribution in [0.2, 0.25) is 0 Å². The van der Waals surface area contributed by atoms with Crippen LogP contribution < -0.4 is 0 Å². The Balaban J connectivity index is 2.79. The van der Waals surface area contributed by atoms with Crippen molar-refractivity contribution in [1.82, 2.24) is 0 Å². The molecule has 0 aliphatic carbocycles. The first-order chi connectivity index (χ1) is 5.20. The number of hydrogen-bond donors (Lipinski definition) is 0. The van der Waals surface area contributed by atoms with E-state index in [0.717, 1.165) is 11.3 Å². The molecule has 0 bridgehead atoms. The Labute approximate surface area is 67.7 Å². The Bertz CT molecular complexity index is 290. The largest absolute Gasteiger partial charge is 0.469 e. The zero-order valence-corrected chi connectivity index (χ0v) is 7.22. The van der Waals surface area contributed by atoms with Crippen molar-refractivity contribution in [2.75, 3.05) is 6.26 Å². The summed E-state index contributed by atoms with van der Waals surface area (Å²) in [5.74, 6) is 0.791. The van der Waals surface area contributed by atoms with Gasteiger partial charge in [-0.15, -0.1) is 0 Å². The molecule has 0 saturated carbocycles. The van der Waals surface area contributed by atoms with Gasteiger partial charge in [0.1, 0.15) is 16.7 Å². The molecule has 1 aromatic heterocycles. The third-order valence-electron chi connectivity index (χ3n) is 1.24. The van der Waals surface area contributed by atoms with Gasteiger partial charge in [0.15, 0.2) is 0 Å². The SMILES string of the molecule is Cc1occc1/C=N/S(C)=O. The van der Waals surface area contributed by atoms with E-state index in [1.54, 1.807) is 18.5 Å². The molecule has 0 saturated heterocycles. The topological polar surface area (TPSA) is 42.6 Å². The molecule has 0 aliphatic heterocycles. The summed E-state index contributed by atoms with van der Waals surface area (Å²) < 4.78 is 19.3. The maximum atomic E-state index is 10.5. The lowest BCUT2D eigenvalue weighted by Gasteiger charge is -1.85. The molecular weight excluding hydrogens is 162 g/mol. The highest BCUT2D eigenvalue weighted by atomic mass is 32.2. The first-order valence-electron chi connectivity index (χ1n) is 3.12. The fraction of sp³-hybridized carbons (Fsp3) is 0.286. The van der Waals surface area contributed by atoms with E-state index >= 15 is 0 Å². The van der Waals surface area contributed by atoms with Crippen molar-refractivity contribution in [2.24, 2.45) is 4.40 Å². The summed E-state index contributed by atoms with van der Waals surface area (Å²) in [4.78, 5) is 0. The molecule has 3 nitrogen and oxygen atoms in total. The molecule has 11 heavy (non-hydrogen) atoms. The van der Waals surface area contributed by atoms with Gasteiger partial charge in [-0.2, -0.15) is 4.40 Å². The number of nitrogens with zero attached hydrogens (tertiary/aromatic N) is 1. The molecule has 1 atom stereocenters. The predicted molar refractivity (Wildman–Crippen MR) is 45.1 cm³/mol. The summed E-state index contributed by atoms with van der Waals surface area (Å²) in [5, 5.41) is 0. The van der Waals surface area contributed by atoms with E-state index < -0.39 is 11.0 Å². The molecule has 1 rings (SSSR count). The fourth-order valence-corrected chi connectivity index (χ4v) is 0.922. The number of hydrogen-bond acceptors (Lipinski definition) is 2. The van der Waals surface area contributed by atoms with E-state index in [1.807, 2.05) is 6.92 Å². The monoisotopic (exact) mass is 171 g/mol. The molecule has 0 radical (unpaired) electrons.